The Hall–Kier alpha value is -2.23. The number of benzene rings is 1. The molecule has 1 saturated heterocycles. The van der Waals surface area contributed by atoms with Crippen molar-refractivity contribution in [1.82, 2.24) is 9.29 Å². The number of thioether (sulfide) groups is 1. The first-order chi connectivity index (χ1) is 14.8. The average molecular weight is 462 g/mol. The Balaban J connectivity index is 1.56. The molecule has 0 saturated carbocycles. The van der Waals surface area contributed by atoms with Gasteiger partial charge >= 0.3 is 0 Å². The van der Waals surface area contributed by atoms with E-state index >= 15 is 0 Å². The monoisotopic (exact) mass is 461 g/mol. The fourth-order valence-corrected chi connectivity index (χ4v) is 5.31. The van der Waals surface area contributed by atoms with E-state index in [4.69, 9.17) is 0 Å². The van der Waals surface area contributed by atoms with Crippen LogP contribution in [-0.4, -0.2) is 48.2 Å². The van der Waals surface area contributed by atoms with E-state index in [0.717, 1.165) is 19.3 Å². The number of anilines is 1. The number of carbonyl (C=O) groups is 2. The van der Waals surface area contributed by atoms with Crippen LogP contribution in [0.2, 0.25) is 0 Å². The number of piperidine rings is 1. The zero-order valence-electron chi connectivity index (χ0n) is 17.7. The van der Waals surface area contributed by atoms with Crippen molar-refractivity contribution in [2.75, 3.05) is 24.2 Å². The Kier molecular flexibility index (Phi) is 7.85. The molecule has 9 heteroatoms. The van der Waals surface area contributed by atoms with Crippen molar-refractivity contribution in [3.8, 4) is 0 Å². The van der Waals surface area contributed by atoms with E-state index in [1.807, 2.05) is 13.8 Å². The molecule has 0 unspecified atom stereocenters. The molecule has 166 valence electrons. The van der Waals surface area contributed by atoms with E-state index in [2.05, 4.69) is 10.3 Å². The van der Waals surface area contributed by atoms with Gasteiger partial charge in [-0.3, -0.25) is 9.59 Å². The fourth-order valence-electron chi connectivity index (χ4n) is 3.11. The molecule has 1 fully saturated rings. The maximum absolute atomic E-state index is 12.7. The quantitative estimate of drug-likeness (QED) is 0.474. The first-order valence-electron chi connectivity index (χ1n) is 10.3. The summed E-state index contributed by atoms with van der Waals surface area (Å²) in [5.41, 5.74) is 1.19. The predicted octanol–water partition coefficient (Wildman–Crippen LogP) is 3.83. The Bertz CT molecular complexity index is 1010. The van der Waals surface area contributed by atoms with Gasteiger partial charge in [0.1, 0.15) is 4.90 Å². The summed E-state index contributed by atoms with van der Waals surface area (Å²) < 4.78 is 26.9. The molecule has 31 heavy (non-hydrogen) atoms. The van der Waals surface area contributed by atoms with Crippen LogP contribution in [0.3, 0.4) is 0 Å². The molecular formula is C22H27N3O4S2. The fraction of sp³-hybridized carbons (Fsp3) is 0.409. The number of aromatic nitrogens is 1. The Morgan fingerprint density at radius 1 is 1.06 bits per heavy atom. The Morgan fingerprint density at radius 2 is 1.74 bits per heavy atom. The lowest BCUT2D eigenvalue weighted by Crippen LogP contribution is -2.35. The number of nitrogens with one attached hydrogen (secondary N) is 1. The van der Waals surface area contributed by atoms with Gasteiger partial charge in [-0.15, -0.1) is 0 Å². The SMILES string of the molecule is CC(C)C(=O)Nc1ccc(C(=O)CSc2ccc(S(=O)(=O)N3CCCCC3)cn2)cc1. The van der Waals surface area contributed by atoms with Gasteiger partial charge in [-0.2, -0.15) is 4.31 Å². The van der Waals surface area contributed by atoms with E-state index in [1.54, 1.807) is 36.4 Å². The van der Waals surface area contributed by atoms with Gasteiger partial charge in [-0.25, -0.2) is 13.4 Å². The molecular weight excluding hydrogens is 434 g/mol. The lowest BCUT2D eigenvalue weighted by molar-refractivity contribution is -0.118. The average Bonchev–Trinajstić information content (AvgIpc) is 2.78. The molecule has 0 atom stereocenters. The normalized spacial score (nSPS) is 15.1. The van der Waals surface area contributed by atoms with Crippen LogP contribution in [0.1, 0.15) is 43.5 Å². The first-order valence-corrected chi connectivity index (χ1v) is 12.7. The van der Waals surface area contributed by atoms with Crippen LogP contribution in [0, 0.1) is 5.92 Å². The van der Waals surface area contributed by atoms with E-state index < -0.39 is 10.0 Å². The number of carbonyl (C=O) groups excluding carboxylic acids is 2. The number of Topliss-reactive ketones (excluding diaryl/α,β-unsaturated/α-hetero) is 1. The van der Waals surface area contributed by atoms with Crippen molar-refractivity contribution in [2.24, 2.45) is 5.92 Å². The van der Waals surface area contributed by atoms with Crippen molar-refractivity contribution >= 4 is 39.2 Å². The minimum Gasteiger partial charge on any atom is -0.326 e. The molecule has 1 aliphatic rings. The summed E-state index contributed by atoms with van der Waals surface area (Å²) in [7, 11) is -3.51. The van der Waals surface area contributed by atoms with Crippen molar-refractivity contribution in [3.63, 3.8) is 0 Å². The molecule has 1 aromatic carbocycles. The minimum absolute atomic E-state index is 0.0708. The number of nitrogens with zero attached hydrogens (tertiary/aromatic N) is 2. The van der Waals surface area contributed by atoms with Crippen molar-refractivity contribution in [2.45, 2.75) is 43.0 Å². The van der Waals surface area contributed by atoms with E-state index in [1.165, 1.54) is 22.3 Å². The molecule has 2 aromatic rings. The second-order valence-electron chi connectivity index (χ2n) is 7.73. The van der Waals surface area contributed by atoms with E-state index in [0.29, 0.717) is 29.4 Å². The van der Waals surface area contributed by atoms with Gasteiger partial charge in [0, 0.05) is 36.5 Å². The summed E-state index contributed by atoms with van der Waals surface area (Å²) in [5, 5.41) is 3.38. The largest absolute Gasteiger partial charge is 0.326 e. The molecule has 0 aliphatic carbocycles. The standard InChI is InChI=1S/C22H27N3O4S2/c1-16(2)22(27)24-18-8-6-17(7-9-18)20(26)15-30-21-11-10-19(14-23-21)31(28,29)25-12-4-3-5-13-25/h6-11,14,16H,3-5,12-13,15H2,1-2H3,(H,24,27). The van der Waals surface area contributed by atoms with Crippen molar-refractivity contribution < 1.29 is 18.0 Å². The van der Waals surface area contributed by atoms with Crippen LogP contribution >= 0.6 is 11.8 Å². The number of sulfonamides is 1. The molecule has 1 amide bonds. The number of rotatable bonds is 8. The Morgan fingerprint density at radius 3 is 2.32 bits per heavy atom. The molecule has 2 heterocycles. The summed E-state index contributed by atoms with van der Waals surface area (Å²) in [6.45, 7) is 4.72. The van der Waals surface area contributed by atoms with E-state index in [-0.39, 0.29) is 28.3 Å². The number of hydrogen-bond donors (Lipinski definition) is 1. The van der Waals surface area contributed by atoms with E-state index in [9.17, 15) is 18.0 Å². The second kappa shape index (κ2) is 10.4. The summed E-state index contributed by atoms with van der Waals surface area (Å²) in [4.78, 5) is 28.6. The van der Waals surface area contributed by atoms with Crippen LogP contribution in [0.15, 0.2) is 52.5 Å². The summed E-state index contributed by atoms with van der Waals surface area (Å²) in [6, 6.07) is 9.96. The van der Waals surface area contributed by atoms with Gasteiger partial charge in [-0.1, -0.05) is 32.0 Å². The molecule has 1 aliphatic heterocycles. The predicted molar refractivity (Wildman–Crippen MR) is 122 cm³/mol. The highest BCUT2D eigenvalue weighted by Gasteiger charge is 2.26. The number of ketones is 1. The third kappa shape index (κ3) is 6.15. The van der Waals surface area contributed by atoms with Crippen molar-refractivity contribution in [1.29, 1.82) is 0 Å². The van der Waals surface area contributed by atoms with Gasteiger partial charge in [0.25, 0.3) is 0 Å². The third-order valence-corrected chi connectivity index (χ3v) is 7.84. The summed E-state index contributed by atoms with van der Waals surface area (Å²) in [5.74, 6) is -0.0837. The third-order valence-electron chi connectivity index (χ3n) is 5.01. The summed E-state index contributed by atoms with van der Waals surface area (Å²) >= 11 is 1.26. The summed E-state index contributed by atoms with van der Waals surface area (Å²) in [6.07, 6.45) is 4.19. The van der Waals surface area contributed by atoms with Crippen molar-refractivity contribution in [3.05, 3.63) is 48.2 Å². The molecule has 0 spiro atoms. The lowest BCUT2D eigenvalue weighted by Gasteiger charge is -2.25. The number of pyridine rings is 1. The minimum atomic E-state index is -3.51. The van der Waals surface area contributed by atoms with Crippen LogP contribution in [0.5, 0.6) is 0 Å². The molecule has 1 N–H and O–H groups in total. The van der Waals surface area contributed by atoms with Crippen LogP contribution in [-0.2, 0) is 14.8 Å². The number of hydrogen-bond acceptors (Lipinski definition) is 6. The molecule has 0 radical (unpaired) electrons. The Labute approximate surface area is 187 Å². The smallest absolute Gasteiger partial charge is 0.244 e. The highest BCUT2D eigenvalue weighted by Crippen LogP contribution is 2.23. The maximum Gasteiger partial charge on any atom is 0.244 e. The van der Waals surface area contributed by atoms with Crippen LogP contribution in [0.4, 0.5) is 5.69 Å². The van der Waals surface area contributed by atoms with Gasteiger partial charge < -0.3 is 5.32 Å². The van der Waals surface area contributed by atoms with Crippen LogP contribution in [0.25, 0.3) is 0 Å². The van der Waals surface area contributed by atoms with Gasteiger partial charge in [0.05, 0.1) is 10.8 Å². The highest BCUT2D eigenvalue weighted by molar-refractivity contribution is 7.99. The zero-order valence-corrected chi connectivity index (χ0v) is 19.3. The molecule has 1 aromatic heterocycles. The maximum atomic E-state index is 12.7. The topological polar surface area (TPSA) is 96.4 Å². The van der Waals surface area contributed by atoms with Gasteiger partial charge in [0.15, 0.2) is 5.78 Å². The zero-order chi connectivity index (χ0) is 22.4. The second-order valence-corrected chi connectivity index (χ2v) is 10.7. The molecule has 3 rings (SSSR count). The van der Waals surface area contributed by atoms with Gasteiger partial charge in [0.2, 0.25) is 15.9 Å². The molecule has 0 bridgehead atoms. The highest BCUT2D eigenvalue weighted by atomic mass is 32.2. The number of amides is 1. The lowest BCUT2D eigenvalue weighted by atomic mass is 10.1. The van der Waals surface area contributed by atoms with Gasteiger partial charge in [-0.05, 0) is 49.2 Å². The van der Waals surface area contributed by atoms with Crippen LogP contribution < -0.4 is 5.32 Å². The molecule has 7 nitrogen and oxygen atoms in total. The first kappa shape index (κ1) is 23.4.